The number of aromatic nitrogens is 1. The van der Waals surface area contributed by atoms with Crippen LogP contribution in [0.15, 0.2) is 28.7 Å². The van der Waals surface area contributed by atoms with Crippen molar-refractivity contribution in [3.8, 4) is 0 Å². The van der Waals surface area contributed by atoms with Gasteiger partial charge in [-0.25, -0.2) is 4.98 Å². The van der Waals surface area contributed by atoms with Gasteiger partial charge in [-0.1, -0.05) is 12.2 Å². The Labute approximate surface area is 190 Å². The quantitative estimate of drug-likeness (QED) is 0.206. The summed E-state index contributed by atoms with van der Waals surface area (Å²) in [6.07, 6.45) is 7.00. The van der Waals surface area contributed by atoms with E-state index in [0.29, 0.717) is 19.0 Å². The minimum absolute atomic E-state index is 0. The summed E-state index contributed by atoms with van der Waals surface area (Å²) in [5.41, 5.74) is 6.16. The van der Waals surface area contributed by atoms with Crippen molar-refractivity contribution in [2.45, 2.75) is 6.42 Å². The van der Waals surface area contributed by atoms with Crippen LogP contribution >= 0.6 is 35.3 Å². The molecule has 0 aromatic carbocycles. The summed E-state index contributed by atoms with van der Waals surface area (Å²) in [4.78, 5) is 39.9. The number of anilines is 1. The first-order chi connectivity index (χ1) is 13.6. The molecule has 4 atom stereocenters. The second-order valence-electron chi connectivity index (χ2n) is 7.86. The van der Waals surface area contributed by atoms with Gasteiger partial charge in [-0.05, 0) is 18.3 Å². The smallest absolute Gasteiger partial charge is 0.233 e. The summed E-state index contributed by atoms with van der Waals surface area (Å²) in [5.74, 6) is 0.680. The van der Waals surface area contributed by atoms with Gasteiger partial charge < -0.3 is 15.5 Å². The van der Waals surface area contributed by atoms with E-state index >= 15 is 0 Å². The fourth-order valence-electron chi connectivity index (χ4n) is 5.05. The van der Waals surface area contributed by atoms with Crippen LogP contribution in [0.25, 0.3) is 0 Å². The van der Waals surface area contributed by atoms with E-state index in [1.54, 1.807) is 11.3 Å². The number of nitrogens with zero attached hydrogens (tertiary/aromatic N) is 5. The van der Waals surface area contributed by atoms with Gasteiger partial charge in [0.1, 0.15) is 0 Å². The lowest BCUT2D eigenvalue weighted by molar-refractivity contribution is -0.140. The predicted molar refractivity (Wildman–Crippen MR) is 122 cm³/mol. The molecule has 0 spiro atoms. The van der Waals surface area contributed by atoms with E-state index < -0.39 is 0 Å². The van der Waals surface area contributed by atoms with Crippen molar-refractivity contribution >= 4 is 58.2 Å². The Kier molecular flexibility index (Phi) is 5.83. The average molecular weight is 528 g/mol. The number of piperazine rings is 1. The lowest BCUT2D eigenvalue weighted by Gasteiger charge is -2.35. The number of imide groups is 1. The number of fused-ring (bicyclic) bond motifs is 5. The number of carbonyl (C=O) groups is 2. The molecule has 3 fully saturated rings. The zero-order valence-corrected chi connectivity index (χ0v) is 19.2. The van der Waals surface area contributed by atoms with Crippen molar-refractivity contribution in [2.24, 2.45) is 34.4 Å². The Balaban J connectivity index is 0.00000205. The molecule has 8 nitrogen and oxygen atoms in total. The van der Waals surface area contributed by atoms with Crippen LogP contribution in [0.4, 0.5) is 5.13 Å². The Bertz CT molecular complexity index is 806. The highest BCUT2D eigenvalue weighted by molar-refractivity contribution is 14.0. The predicted octanol–water partition coefficient (Wildman–Crippen LogP) is 1.00. The molecule has 0 radical (unpaired) electrons. The molecular formula is C19H25IN6O2S. The van der Waals surface area contributed by atoms with E-state index in [1.165, 1.54) is 4.90 Å². The van der Waals surface area contributed by atoms with Gasteiger partial charge in [0.05, 0.1) is 18.4 Å². The highest BCUT2D eigenvalue weighted by Crippen LogP contribution is 2.52. The van der Waals surface area contributed by atoms with E-state index in [-0.39, 0.29) is 59.5 Å². The SMILES string of the molecule is I.NC(=NCCN1C(=O)C2C3C=CC(C3)C2C1=O)N1CCN(c2nccs2)CC1. The molecule has 29 heavy (non-hydrogen) atoms. The molecule has 2 aliphatic carbocycles. The van der Waals surface area contributed by atoms with Gasteiger partial charge in [0.15, 0.2) is 11.1 Å². The van der Waals surface area contributed by atoms with Crippen LogP contribution in [0.2, 0.25) is 0 Å². The number of halogens is 1. The van der Waals surface area contributed by atoms with Crippen molar-refractivity contribution in [3.05, 3.63) is 23.7 Å². The number of guanidine groups is 1. The topological polar surface area (TPSA) is 95.1 Å². The zero-order valence-electron chi connectivity index (χ0n) is 16.0. The molecule has 4 aliphatic rings. The molecule has 156 valence electrons. The molecule has 3 heterocycles. The van der Waals surface area contributed by atoms with Crippen LogP contribution in [0.5, 0.6) is 0 Å². The highest BCUT2D eigenvalue weighted by Gasteiger charge is 2.58. The number of thiazole rings is 1. The first kappa shape index (κ1) is 20.6. The van der Waals surface area contributed by atoms with Gasteiger partial charge in [0.2, 0.25) is 11.8 Å². The third-order valence-corrected chi connectivity index (χ3v) is 7.28. The van der Waals surface area contributed by atoms with Crippen LogP contribution < -0.4 is 10.6 Å². The molecule has 2 aliphatic heterocycles. The zero-order chi connectivity index (χ0) is 19.3. The summed E-state index contributed by atoms with van der Waals surface area (Å²) in [5, 5.41) is 3.02. The summed E-state index contributed by atoms with van der Waals surface area (Å²) in [7, 11) is 0. The first-order valence-corrected chi connectivity index (χ1v) is 10.7. The maximum absolute atomic E-state index is 12.7. The van der Waals surface area contributed by atoms with Crippen LogP contribution in [0.3, 0.4) is 0 Å². The van der Waals surface area contributed by atoms with E-state index in [4.69, 9.17) is 5.73 Å². The van der Waals surface area contributed by atoms with Gasteiger partial charge in [-0.15, -0.1) is 35.3 Å². The fourth-order valence-corrected chi connectivity index (χ4v) is 5.74. The number of rotatable bonds is 4. The summed E-state index contributed by atoms with van der Waals surface area (Å²) in [6.45, 7) is 3.96. The van der Waals surface area contributed by atoms with Crippen molar-refractivity contribution < 1.29 is 9.59 Å². The van der Waals surface area contributed by atoms with E-state index in [2.05, 4.69) is 31.9 Å². The maximum atomic E-state index is 12.7. The number of amides is 2. The molecule has 1 aromatic rings. The van der Waals surface area contributed by atoms with Gasteiger partial charge in [0, 0.05) is 44.3 Å². The molecule has 2 amide bonds. The van der Waals surface area contributed by atoms with Gasteiger partial charge >= 0.3 is 0 Å². The second-order valence-corrected chi connectivity index (χ2v) is 8.73. The van der Waals surface area contributed by atoms with Crippen molar-refractivity contribution in [2.75, 3.05) is 44.2 Å². The van der Waals surface area contributed by atoms with Crippen LogP contribution in [0, 0.1) is 23.7 Å². The molecule has 2 saturated heterocycles. The third-order valence-electron chi connectivity index (χ3n) is 6.45. The minimum Gasteiger partial charge on any atom is -0.370 e. The number of likely N-dealkylation sites (tertiary alicyclic amines) is 1. The Hall–Kier alpha value is -1.69. The maximum Gasteiger partial charge on any atom is 0.233 e. The van der Waals surface area contributed by atoms with Crippen LogP contribution in [-0.4, -0.2) is 71.8 Å². The average Bonchev–Trinajstić information content (AvgIpc) is 3.49. The van der Waals surface area contributed by atoms with Gasteiger partial charge in [0.25, 0.3) is 0 Å². The minimum atomic E-state index is -0.136. The number of hydrogen-bond acceptors (Lipinski definition) is 6. The number of hydrogen-bond donors (Lipinski definition) is 1. The largest absolute Gasteiger partial charge is 0.370 e. The Morgan fingerprint density at radius 1 is 1.14 bits per heavy atom. The molecule has 1 aromatic heterocycles. The second kappa shape index (κ2) is 8.21. The Morgan fingerprint density at radius 2 is 1.79 bits per heavy atom. The summed E-state index contributed by atoms with van der Waals surface area (Å²) < 4.78 is 0. The number of aliphatic imine (C=N–C) groups is 1. The number of allylic oxidation sites excluding steroid dienone is 2. The van der Waals surface area contributed by atoms with Crippen LogP contribution in [0.1, 0.15) is 6.42 Å². The molecule has 2 N–H and O–H groups in total. The first-order valence-electron chi connectivity index (χ1n) is 9.86. The van der Waals surface area contributed by atoms with Crippen molar-refractivity contribution in [3.63, 3.8) is 0 Å². The summed E-state index contributed by atoms with van der Waals surface area (Å²) >= 11 is 1.64. The van der Waals surface area contributed by atoms with Gasteiger partial charge in [-0.2, -0.15) is 0 Å². The third kappa shape index (κ3) is 3.54. The van der Waals surface area contributed by atoms with Gasteiger partial charge in [-0.3, -0.25) is 19.5 Å². The lowest BCUT2D eigenvalue weighted by atomic mass is 9.85. The molecule has 4 unspecified atom stereocenters. The molecule has 1 saturated carbocycles. The van der Waals surface area contributed by atoms with E-state index in [0.717, 1.165) is 37.7 Å². The van der Waals surface area contributed by atoms with Crippen LogP contribution in [-0.2, 0) is 9.59 Å². The number of nitrogens with two attached hydrogens (primary N) is 1. The summed E-state index contributed by atoms with van der Waals surface area (Å²) in [6, 6.07) is 0. The standard InChI is InChI=1S/C19H24N6O2S.HI/c20-18(23-6-8-24(9-7-23)19-22-4-10-28-19)21-3-5-25-16(26)14-12-1-2-13(11-12)15(14)17(25)27;/h1-2,4,10,12-15H,3,5-9,11H2,(H2,20,21);1H. The molecule has 10 heteroatoms. The highest BCUT2D eigenvalue weighted by atomic mass is 127. The van der Waals surface area contributed by atoms with Crippen molar-refractivity contribution in [1.82, 2.24) is 14.8 Å². The molecular weight excluding hydrogens is 503 g/mol. The number of carbonyl (C=O) groups excluding carboxylic acids is 2. The van der Waals surface area contributed by atoms with E-state index in [1.807, 2.05) is 11.6 Å². The molecule has 5 rings (SSSR count). The van der Waals surface area contributed by atoms with E-state index in [9.17, 15) is 9.59 Å². The fraction of sp³-hybridized carbons (Fsp3) is 0.579. The monoisotopic (exact) mass is 528 g/mol. The lowest BCUT2D eigenvalue weighted by Crippen LogP contribution is -2.51. The molecule has 2 bridgehead atoms. The van der Waals surface area contributed by atoms with Crippen molar-refractivity contribution in [1.29, 1.82) is 0 Å². The Morgan fingerprint density at radius 3 is 2.38 bits per heavy atom. The normalized spacial score (nSPS) is 30.9.